The molecule has 0 heterocycles. The lowest BCUT2D eigenvalue weighted by Gasteiger charge is -2.23. The van der Waals surface area contributed by atoms with Crippen LogP contribution in [-0.4, -0.2) is 11.1 Å². The second-order valence-corrected chi connectivity index (χ2v) is 8.86. The van der Waals surface area contributed by atoms with E-state index in [4.69, 9.17) is 10.2 Å². The van der Waals surface area contributed by atoms with Crippen molar-refractivity contribution in [2.75, 3.05) is 0 Å². The maximum absolute atomic E-state index is 4.72. The van der Waals surface area contributed by atoms with E-state index in [-0.39, 0.29) is 11.1 Å². The molecule has 0 amide bonds. The Morgan fingerprint density at radius 1 is 0.458 bits per heavy atom. The summed E-state index contributed by atoms with van der Waals surface area (Å²) in [6.45, 7) is 13.5. The number of hydrogen-bond donors (Lipinski definition) is 0. The Kier molecular flexibility index (Phi) is 13.6. The van der Waals surface area contributed by atoms with Gasteiger partial charge in [0.05, 0.1) is 11.1 Å². The summed E-state index contributed by atoms with van der Waals surface area (Å²) in [5, 5.41) is 9.43. The molecular weight excluding hydrogens is 292 g/mol. The largest absolute Gasteiger partial charge is 0.187 e. The molecule has 0 saturated carbocycles. The lowest BCUT2D eigenvalue weighted by molar-refractivity contribution is 0.367. The molecule has 24 heavy (non-hydrogen) atoms. The molecule has 0 spiro atoms. The fourth-order valence-corrected chi connectivity index (χ4v) is 3.05. The Bertz CT molecular complexity index is 275. The van der Waals surface area contributed by atoms with Gasteiger partial charge in [-0.1, -0.05) is 90.9 Å². The summed E-state index contributed by atoms with van der Waals surface area (Å²) in [4.78, 5) is 0. The predicted octanol–water partition coefficient (Wildman–Crippen LogP) is 8.50. The van der Waals surface area contributed by atoms with Gasteiger partial charge in [0.2, 0.25) is 0 Å². The first-order valence-electron chi connectivity index (χ1n) is 10.8. The minimum Gasteiger partial charge on any atom is -0.187 e. The van der Waals surface area contributed by atoms with E-state index in [9.17, 15) is 0 Å². The number of hydrogen-bond acceptors (Lipinski definition) is 2. The SMILES string of the molecule is CCCCCCCCC(C)(C)N=NC(C)(C)CCCCCCCC. The van der Waals surface area contributed by atoms with Crippen molar-refractivity contribution in [1.82, 2.24) is 0 Å². The van der Waals surface area contributed by atoms with Crippen LogP contribution in [0.3, 0.4) is 0 Å². The first kappa shape index (κ1) is 23.6. The van der Waals surface area contributed by atoms with E-state index >= 15 is 0 Å². The van der Waals surface area contributed by atoms with Crippen LogP contribution in [0.2, 0.25) is 0 Å². The summed E-state index contributed by atoms with van der Waals surface area (Å²) < 4.78 is 0. The Morgan fingerprint density at radius 3 is 1.08 bits per heavy atom. The van der Waals surface area contributed by atoms with E-state index in [2.05, 4.69) is 41.5 Å². The van der Waals surface area contributed by atoms with Gasteiger partial charge in [0.15, 0.2) is 0 Å². The molecule has 2 heteroatoms. The minimum absolute atomic E-state index is 0.00313. The van der Waals surface area contributed by atoms with Crippen LogP contribution in [0.25, 0.3) is 0 Å². The fourth-order valence-electron chi connectivity index (χ4n) is 3.05. The van der Waals surface area contributed by atoms with Crippen LogP contribution < -0.4 is 0 Å². The van der Waals surface area contributed by atoms with Gasteiger partial charge in [-0.3, -0.25) is 0 Å². The molecule has 0 aliphatic heterocycles. The zero-order valence-electron chi connectivity index (χ0n) is 17.8. The standard InChI is InChI=1S/C22H46N2/c1-7-9-11-13-15-17-19-21(3,4)23-24-22(5,6)20-18-16-14-12-10-8-2/h7-20H2,1-6H3. The number of nitrogens with zero attached hydrogens (tertiary/aromatic N) is 2. The van der Waals surface area contributed by atoms with Crippen LogP contribution in [0, 0.1) is 0 Å². The van der Waals surface area contributed by atoms with Crippen molar-refractivity contribution in [1.29, 1.82) is 0 Å². The third-order valence-corrected chi connectivity index (χ3v) is 4.88. The van der Waals surface area contributed by atoms with Gasteiger partial charge in [0.25, 0.3) is 0 Å². The first-order chi connectivity index (χ1) is 11.3. The maximum atomic E-state index is 4.72. The lowest BCUT2D eigenvalue weighted by Crippen LogP contribution is -2.21. The highest BCUT2D eigenvalue weighted by Gasteiger charge is 2.20. The summed E-state index contributed by atoms with van der Waals surface area (Å²) >= 11 is 0. The topological polar surface area (TPSA) is 24.7 Å². The quantitative estimate of drug-likeness (QED) is 0.199. The monoisotopic (exact) mass is 338 g/mol. The summed E-state index contributed by atoms with van der Waals surface area (Å²) in [5.74, 6) is 0. The van der Waals surface area contributed by atoms with E-state index in [0.717, 1.165) is 12.8 Å². The molecule has 0 rings (SSSR count). The van der Waals surface area contributed by atoms with Crippen molar-refractivity contribution >= 4 is 0 Å². The van der Waals surface area contributed by atoms with E-state index in [1.807, 2.05) is 0 Å². The van der Waals surface area contributed by atoms with Gasteiger partial charge in [0.1, 0.15) is 0 Å². The minimum atomic E-state index is 0.00313. The van der Waals surface area contributed by atoms with Crippen molar-refractivity contribution < 1.29 is 0 Å². The second kappa shape index (κ2) is 13.8. The summed E-state index contributed by atoms with van der Waals surface area (Å²) in [5.41, 5.74) is 0.00625. The molecule has 0 radical (unpaired) electrons. The molecule has 0 N–H and O–H groups in total. The van der Waals surface area contributed by atoms with Crippen LogP contribution in [0.4, 0.5) is 0 Å². The average molecular weight is 339 g/mol. The fraction of sp³-hybridized carbons (Fsp3) is 1.00. The summed E-state index contributed by atoms with van der Waals surface area (Å²) in [7, 11) is 0. The zero-order chi connectivity index (χ0) is 18.3. The Labute approximate surface area is 153 Å². The van der Waals surface area contributed by atoms with Crippen molar-refractivity contribution in [3.8, 4) is 0 Å². The van der Waals surface area contributed by atoms with Gasteiger partial charge in [-0.05, 0) is 40.5 Å². The third kappa shape index (κ3) is 15.1. The highest BCUT2D eigenvalue weighted by atomic mass is 15.2. The average Bonchev–Trinajstić information content (AvgIpc) is 2.52. The molecule has 0 unspecified atom stereocenters. The van der Waals surface area contributed by atoms with Crippen LogP contribution in [-0.2, 0) is 0 Å². The van der Waals surface area contributed by atoms with Crippen molar-refractivity contribution in [2.24, 2.45) is 10.2 Å². The van der Waals surface area contributed by atoms with Gasteiger partial charge < -0.3 is 0 Å². The lowest BCUT2D eigenvalue weighted by atomic mass is 9.96. The molecule has 0 aromatic heterocycles. The molecule has 0 fully saturated rings. The highest BCUT2D eigenvalue weighted by molar-refractivity contribution is 4.80. The highest BCUT2D eigenvalue weighted by Crippen LogP contribution is 2.25. The molecule has 0 bridgehead atoms. The van der Waals surface area contributed by atoms with Gasteiger partial charge in [-0.25, -0.2) is 0 Å². The predicted molar refractivity (Wildman–Crippen MR) is 109 cm³/mol. The Morgan fingerprint density at radius 2 is 0.750 bits per heavy atom. The molecule has 0 aliphatic rings. The van der Waals surface area contributed by atoms with Crippen molar-refractivity contribution in [3.05, 3.63) is 0 Å². The smallest absolute Gasteiger partial charge is 0.0760 e. The molecule has 0 aromatic carbocycles. The zero-order valence-corrected chi connectivity index (χ0v) is 17.8. The van der Waals surface area contributed by atoms with Gasteiger partial charge in [0, 0.05) is 0 Å². The van der Waals surface area contributed by atoms with Crippen molar-refractivity contribution in [3.63, 3.8) is 0 Å². The number of unbranched alkanes of at least 4 members (excludes halogenated alkanes) is 10. The molecular formula is C22H46N2. The van der Waals surface area contributed by atoms with Gasteiger partial charge in [-0.15, -0.1) is 0 Å². The van der Waals surface area contributed by atoms with Crippen LogP contribution in [0.5, 0.6) is 0 Å². The Hall–Kier alpha value is -0.400. The number of azo groups is 1. The molecule has 2 nitrogen and oxygen atoms in total. The summed E-state index contributed by atoms with van der Waals surface area (Å²) in [6.07, 6.45) is 18.6. The van der Waals surface area contributed by atoms with Crippen LogP contribution in [0.15, 0.2) is 10.2 Å². The normalized spacial score (nSPS) is 13.1. The number of rotatable bonds is 16. The van der Waals surface area contributed by atoms with E-state index in [1.54, 1.807) is 0 Å². The maximum Gasteiger partial charge on any atom is 0.0760 e. The van der Waals surface area contributed by atoms with Crippen molar-refractivity contribution in [2.45, 2.75) is 143 Å². The molecule has 0 aromatic rings. The first-order valence-corrected chi connectivity index (χ1v) is 10.8. The molecule has 144 valence electrons. The van der Waals surface area contributed by atoms with E-state index < -0.39 is 0 Å². The molecule has 0 atom stereocenters. The molecule has 0 saturated heterocycles. The third-order valence-electron chi connectivity index (χ3n) is 4.88. The van der Waals surface area contributed by atoms with E-state index in [0.29, 0.717) is 0 Å². The summed E-state index contributed by atoms with van der Waals surface area (Å²) in [6, 6.07) is 0. The Balaban J connectivity index is 3.94. The van der Waals surface area contributed by atoms with Gasteiger partial charge in [-0.2, -0.15) is 10.2 Å². The van der Waals surface area contributed by atoms with E-state index in [1.165, 1.54) is 77.0 Å². The van der Waals surface area contributed by atoms with Gasteiger partial charge >= 0.3 is 0 Å². The molecule has 0 aliphatic carbocycles. The van der Waals surface area contributed by atoms with Crippen LogP contribution in [0.1, 0.15) is 131 Å². The second-order valence-electron chi connectivity index (χ2n) is 8.86. The van der Waals surface area contributed by atoms with Crippen LogP contribution >= 0.6 is 0 Å².